The van der Waals surface area contributed by atoms with E-state index in [1.54, 1.807) is 0 Å². The number of nitrogens with two attached hydrogens (primary N) is 1. The Hall–Kier alpha value is -0.530. The molecule has 0 aromatic rings. The lowest BCUT2D eigenvalue weighted by Gasteiger charge is -2.43. The Morgan fingerprint density at radius 3 is 3.00 bits per heavy atom. The summed E-state index contributed by atoms with van der Waals surface area (Å²) in [5.41, 5.74) is 6.85. The number of hydrogen-bond donors (Lipinski definition) is 4. The highest BCUT2D eigenvalue weighted by Gasteiger charge is 2.33. The first kappa shape index (κ1) is 15.9. The van der Waals surface area contributed by atoms with Gasteiger partial charge in [0.25, 0.3) is 0 Å². The summed E-state index contributed by atoms with van der Waals surface area (Å²) < 4.78 is 13.2. The molecular formula is C14H27FN4O. The van der Waals surface area contributed by atoms with E-state index in [4.69, 9.17) is 5.73 Å². The average molecular weight is 286 g/mol. The van der Waals surface area contributed by atoms with Crippen LogP contribution in [0.1, 0.15) is 32.6 Å². The molecule has 5 N–H and O–H groups in total. The third-order valence-corrected chi connectivity index (χ3v) is 4.29. The Bertz CT molecular complexity index is 339. The van der Waals surface area contributed by atoms with E-state index in [0.29, 0.717) is 19.5 Å². The van der Waals surface area contributed by atoms with E-state index >= 15 is 0 Å². The van der Waals surface area contributed by atoms with Gasteiger partial charge in [0, 0.05) is 25.7 Å². The summed E-state index contributed by atoms with van der Waals surface area (Å²) in [5, 5.41) is 16.3. The third kappa shape index (κ3) is 3.99. The standard InChI is InChI=1S/C14H27FN4O/c1-2-11-8-19(14(17-9-16)18-13(11)20)7-10-3-5-12(15)6-4-10/h3,11-14,17-18,20H,2,4-9,16H2,1H3/t11?,12?,13?,14-/m0/s1. The molecule has 1 fully saturated rings. The van der Waals surface area contributed by atoms with Gasteiger partial charge in [0.1, 0.15) is 18.7 Å². The second kappa shape index (κ2) is 7.47. The maximum Gasteiger partial charge on any atom is 0.117 e. The van der Waals surface area contributed by atoms with Crippen LogP contribution >= 0.6 is 0 Å². The van der Waals surface area contributed by atoms with Gasteiger partial charge in [0.15, 0.2) is 0 Å². The fourth-order valence-corrected chi connectivity index (χ4v) is 2.98. The lowest BCUT2D eigenvalue weighted by atomic mass is 9.96. The number of allylic oxidation sites excluding steroid dienone is 1. The molecule has 0 aromatic carbocycles. The van der Waals surface area contributed by atoms with E-state index < -0.39 is 12.4 Å². The molecule has 0 saturated carbocycles. The zero-order chi connectivity index (χ0) is 14.5. The van der Waals surface area contributed by atoms with Crippen molar-refractivity contribution < 1.29 is 9.50 Å². The minimum Gasteiger partial charge on any atom is -0.378 e. The van der Waals surface area contributed by atoms with Gasteiger partial charge < -0.3 is 10.8 Å². The van der Waals surface area contributed by atoms with Crippen LogP contribution < -0.4 is 16.4 Å². The maximum absolute atomic E-state index is 13.2. The summed E-state index contributed by atoms with van der Waals surface area (Å²) >= 11 is 0. The van der Waals surface area contributed by atoms with E-state index in [1.807, 2.05) is 6.08 Å². The van der Waals surface area contributed by atoms with Gasteiger partial charge in [0.2, 0.25) is 0 Å². The number of halogens is 1. The molecular weight excluding hydrogens is 259 g/mol. The van der Waals surface area contributed by atoms with Crippen molar-refractivity contribution in [1.29, 1.82) is 0 Å². The first-order valence-electron chi connectivity index (χ1n) is 7.57. The summed E-state index contributed by atoms with van der Waals surface area (Å²) in [5.74, 6) is 0.212. The SMILES string of the molecule is CCC1CN(CC2=CCC(F)CC2)[C@@H](NCN)NC1O. The lowest BCUT2D eigenvalue weighted by molar-refractivity contribution is -0.0453. The van der Waals surface area contributed by atoms with Crippen molar-refractivity contribution in [3.63, 3.8) is 0 Å². The van der Waals surface area contributed by atoms with Crippen molar-refractivity contribution in [1.82, 2.24) is 15.5 Å². The van der Waals surface area contributed by atoms with Crippen LogP contribution in [0.25, 0.3) is 0 Å². The van der Waals surface area contributed by atoms with Gasteiger partial charge >= 0.3 is 0 Å². The molecule has 5 nitrogen and oxygen atoms in total. The number of nitrogens with zero attached hydrogens (tertiary/aromatic N) is 1. The summed E-state index contributed by atoms with van der Waals surface area (Å²) in [6, 6.07) is 0. The van der Waals surface area contributed by atoms with Gasteiger partial charge in [-0.1, -0.05) is 18.6 Å². The van der Waals surface area contributed by atoms with Gasteiger partial charge in [-0.25, -0.2) is 4.39 Å². The Morgan fingerprint density at radius 2 is 2.40 bits per heavy atom. The molecule has 1 aliphatic carbocycles. The number of hydrogen-bond acceptors (Lipinski definition) is 5. The van der Waals surface area contributed by atoms with Crippen molar-refractivity contribution in [2.45, 2.75) is 51.3 Å². The van der Waals surface area contributed by atoms with E-state index in [-0.39, 0.29) is 12.2 Å². The molecule has 1 saturated heterocycles. The molecule has 2 aliphatic rings. The van der Waals surface area contributed by atoms with Crippen molar-refractivity contribution in [3.05, 3.63) is 11.6 Å². The van der Waals surface area contributed by atoms with E-state index in [2.05, 4.69) is 22.5 Å². The van der Waals surface area contributed by atoms with Crippen LogP contribution in [-0.2, 0) is 0 Å². The first-order valence-corrected chi connectivity index (χ1v) is 7.57. The van der Waals surface area contributed by atoms with Crippen molar-refractivity contribution in [2.24, 2.45) is 11.7 Å². The largest absolute Gasteiger partial charge is 0.378 e. The van der Waals surface area contributed by atoms with Crippen LogP contribution in [0.3, 0.4) is 0 Å². The molecule has 1 heterocycles. The zero-order valence-electron chi connectivity index (χ0n) is 12.2. The molecule has 0 amide bonds. The Balaban J connectivity index is 1.98. The highest BCUT2D eigenvalue weighted by Crippen LogP contribution is 2.24. The minimum atomic E-state index is -0.679. The van der Waals surface area contributed by atoms with E-state index in [9.17, 15) is 9.50 Å². The lowest BCUT2D eigenvalue weighted by Crippen LogP contribution is -2.66. The molecule has 1 aliphatic heterocycles. The van der Waals surface area contributed by atoms with Crippen LogP contribution in [0, 0.1) is 5.92 Å². The van der Waals surface area contributed by atoms with Gasteiger partial charge in [-0.3, -0.25) is 15.5 Å². The maximum atomic E-state index is 13.2. The number of rotatable bonds is 5. The second-order valence-electron chi connectivity index (χ2n) is 5.75. The highest BCUT2D eigenvalue weighted by molar-refractivity contribution is 5.09. The van der Waals surface area contributed by atoms with Gasteiger partial charge in [-0.05, 0) is 25.7 Å². The molecule has 116 valence electrons. The molecule has 20 heavy (non-hydrogen) atoms. The van der Waals surface area contributed by atoms with Crippen molar-refractivity contribution >= 4 is 0 Å². The molecule has 0 aromatic heterocycles. The second-order valence-corrected chi connectivity index (χ2v) is 5.75. The normalized spacial score (nSPS) is 35.9. The van der Waals surface area contributed by atoms with Gasteiger partial charge in [-0.15, -0.1) is 0 Å². The van der Waals surface area contributed by atoms with Crippen LogP contribution in [0.5, 0.6) is 0 Å². The average Bonchev–Trinajstić information content (AvgIpc) is 2.44. The predicted molar refractivity (Wildman–Crippen MR) is 77.3 cm³/mol. The molecule has 3 unspecified atom stereocenters. The van der Waals surface area contributed by atoms with E-state index in [1.165, 1.54) is 5.57 Å². The first-order chi connectivity index (χ1) is 9.63. The van der Waals surface area contributed by atoms with Crippen LogP contribution in [-0.4, -0.2) is 48.5 Å². The number of nitrogens with one attached hydrogen (secondary N) is 2. The summed E-state index contributed by atoms with van der Waals surface area (Å²) in [6.45, 7) is 4.06. The van der Waals surface area contributed by atoms with Crippen molar-refractivity contribution in [3.8, 4) is 0 Å². The molecule has 0 radical (unpaired) electrons. The van der Waals surface area contributed by atoms with Crippen molar-refractivity contribution in [2.75, 3.05) is 19.8 Å². The fraction of sp³-hybridized carbons (Fsp3) is 0.857. The summed E-state index contributed by atoms with van der Waals surface area (Å²) in [4.78, 5) is 2.25. The molecule has 0 bridgehead atoms. The number of aliphatic hydroxyl groups excluding tert-OH is 1. The van der Waals surface area contributed by atoms with Gasteiger partial charge in [0.05, 0.1) is 0 Å². The summed E-state index contributed by atoms with van der Waals surface area (Å²) in [7, 11) is 0. The number of alkyl halides is 1. The highest BCUT2D eigenvalue weighted by atomic mass is 19.1. The molecule has 2 rings (SSSR count). The molecule has 0 spiro atoms. The predicted octanol–water partition coefficient (Wildman–Crippen LogP) is 0.474. The topological polar surface area (TPSA) is 73.5 Å². The fourth-order valence-electron chi connectivity index (χ4n) is 2.98. The van der Waals surface area contributed by atoms with E-state index in [0.717, 1.165) is 25.9 Å². The van der Waals surface area contributed by atoms with Gasteiger partial charge in [-0.2, -0.15) is 0 Å². The minimum absolute atomic E-state index is 0.123. The van der Waals surface area contributed by atoms with Crippen LogP contribution in [0.4, 0.5) is 4.39 Å². The molecule has 4 atom stereocenters. The zero-order valence-corrected chi connectivity index (χ0v) is 12.2. The summed E-state index contributed by atoms with van der Waals surface area (Å²) in [6.07, 6.45) is 3.63. The quantitative estimate of drug-likeness (QED) is 0.437. The van der Waals surface area contributed by atoms with Crippen LogP contribution in [0.2, 0.25) is 0 Å². The number of aliphatic hydroxyl groups is 1. The Kier molecular flexibility index (Phi) is 5.92. The van der Waals surface area contributed by atoms with Crippen LogP contribution in [0.15, 0.2) is 11.6 Å². The smallest absolute Gasteiger partial charge is 0.117 e. The monoisotopic (exact) mass is 286 g/mol. The molecule has 6 heteroatoms. The Labute approximate surface area is 120 Å². The third-order valence-electron chi connectivity index (χ3n) is 4.29. The Morgan fingerprint density at radius 1 is 1.60 bits per heavy atom.